The molecule has 1 amide bonds. The molecule has 0 saturated carbocycles. The van der Waals surface area contributed by atoms with Crippen LogP contribution in [0.25, 0.3) is 5.76 Å². The summed E-state index contributed by atoms with van der Waals surface area (Å²) in [6.45, 7) is 8.56. The van der Waals surface area contributed by atoms with E-state index in [0.29, 0.717) is 29.5 Å². The lowest BCUT2D eigenvalue weighted by atomic mass is 9.98. The fourth-order valence-corrected chi connectivity index (χ4v) is 4.89. The topological polar surface area (TPSA) is 66.8 Å². The molecule has 1 aromatic heterocycles. The quantitative estimate of drug-likeness (QED) is 0.277. The minimum atomic E-state index is -0.701. The summed E-state index contributed by atoms with van der Waals surface area (Å²) in [6.07, 6.45) is 0. The average molecular weight is 462 g/mol. The number of aliphatic hydroxyl groups is 1. The highest BCUT2D eigenvalue weighted by molar-refractivity contribution is 7.10. The van der Waals surface area contributed by atoms with Crippen LogP contribution in [0.4, 0.5) is 5.69 Å². The third kappa shape index (κ3) is 4.44. The first kappa shape index (κ1) is 22.8. The fraction of sp³-hybridized carbons (Fsp3) is 0.259. The number of rotatable bonds is 6. The van der Waals surface area contributed by atoms with Crippen LogP contribution in [0, 0.1) is 19.8 Å². The lowest BCUT2D eigenvalue weighted by molar-refractivity contribution is -0.132. The minimum absolute atomic E-state index is 0.0899. The molecule has 4 rings (SSSR count). The summed E-state index contributed by atoms with van der Waals surface area (Å²) < 4.78 is 5.79. The first-order valence-electron chi connectivity index (χ1n) is 10.9. The highest BCUT2D eigenvalue weighted by Gasteiger charge is 2.47. The zero-order chi connectivity index (χ0) is 23.7. The summed E-state index contributed by atoms with van der Waals surface area (Å²) in [5.41, 5.74) is 3.17. The molecule has 1 N–H and O–H groups in total. The largest absolute Gasteiger partial charge is 0.507 e. The van der Waals surface area contributed by atoms with Crippen molar-refractivity contribution in [3.05, 3.63) is 87.1 Å². The summed E-state index contributed by atoms with van der Waals surface area (Å²) in [5.74, 6) is -0.589. The number of aliphatic hydroxyl groups excluding tert-OH is 1. The van der Waals surface area contributed by atoms with E-state index in [2.05, 4.69) is 13.8 Å². The number of carbonyl (C=O) groups excluding carboxylic acids is 2. The Bertz CT molecular complexity index is 1220. The standard InChI is InChI=1S/C27H27NO4S/c1-16(2)15-32-21-7-5-6-19(14-21)24(29)22-23(26-18(4)12-13-33-26)28(27(31)25(22)30)20-10-8-17(3)9-11-20/h5-14,16,23,29H,15H2,1-4H3/b24-22-. The maximum absolute atomic E-state index is 13.3. The number of anilines is 1. The van der Waals surface area contributed by atoms with Crippen molar-refractivity contribution < 1.29 is 19.4 Å². The summed E-state index contributed by atoms with van der Waals surface area (Å²) in [4.78, 5) is 28.8. The van der Waals surface area contributed by atoms with Crippen molar-refractivity contribution in [3.8, 4) is 5.75 Å². The monoisotopic (exact) mass is 461 g/mol. The Hall–Kier alpha value is -3.38. The summed E-state index contributed by atoms with van der Waals surface area (Å²) >= 11 is 1.47. The van der Waals surface area contributed by atoms with Crippen LogP contribution in [0.2, 0.25) is 0 Å². The Kier molecular flexibility index (Phi) is 6.38. The second kappa shape index (κ2) is 9.24. The first-order chi connectivity index (χ1) is 15.8. The molecule has 1 unspecified atom stereocenters. The van der Waals surface area contributed by atoms with Crippen molar-refractivity contribution in [2.24, 2.45) is 5.92 Å². The van der Waals surface area contributed by atoms with E-state index >= 15 is 0 Å². The van der Waals surface area contributed by atoms with Crippen LogP contribution in [0.1, 0.15) is 41.5 Å². The van der Waals surface area contributed by atoms with Gasteiger partial charge in [0, 0.05) is 16.1 Å². The number of ether oxygens (including phenoxy) is 1. The van der Waals surface area contributed by atoms with Crippen molar-refractivity contribution in [2.75, 3.05) is 11.5 Å². The van der Waals surface area contributed by atoms with Gasteiger partial charge in [0.15, 0.2) is 0 Å². The number of ketones is 1. The van der Waals surface area contributed by atoms with Crippen LogP contribution in [-0.4, -0.2) is 23.4 Å². The van der Waals surface area contributed by atoms with Crippen LogP contribution in [0.15, 0.2) is 65.6 Å². The van der Waals surface area contributed by atoms with Crippen molar-refractivity contribution in [3.63, 3.8) is 0 Å². The van der Waals surface area contributed by atoms with E-state index < -0.39 is 17.7 Å². The lowest BCUT2D eigenvalue weighted by Crippen LogP contribution is -2.29. The van der Waals surface area contributed by atoms with Crippen LogP contribution < -0.4 is 9.64 Å². The van der Waals surface area contributed by atoms with Crippen molar-refractivity contribution in [1.29, 1.82) is 0 Å². The fourth-order valence-electron chi connectivity index (χ4n) is 3.87. The number of carbonyl (C=O) groups is 2. The van der Waals surface area contributed by atoms with E-state index in [4.69, 9.17) is 4.74 Å². The normalized spacial score (nSPS) is 17.7. The zero-order valence-corrected chi connectivity index (χ0v) is 20.0. The average Bonchev–Trinajstić information content (AvgIpc) is 3.33. The van der Waals surface area contributed by atoms with Gasteiger partial charge >= 0.3 is 0 Å². The number of hydrogen-bond acceptors (Lipinski definition) is 5. The second-order valence-corrected chi connectivity index (χ2v) is 9.65. The van der Waals surface area contributed by atoms with Gasteiger partial charge in [-0.3, -0.25) is 14.5 Å². The Morgan fingerprint density at radius 2 is 1.82 bits per heavy atom. The summed E-state index contributed by atoms with van der Waals surface area (Å²) in [5, 5.41) is 13.2. The lowest BCUT2D eigenvalue weighted by Gasteiger charge is -2.25. The number of aryl methyl sites for hydroxylation is 2. The predicted octanol–water partition coefficient (Wildman–Crippen LogP) is 6.03. The molecule has 0 bridgehead atoms. The molecule has 5 nitrogen and oxygen atoms in total. The summed E-state index contributed by atoms with van der Waals surface area (Å²) in [7, 11) is 0. The number of benzene rings is 2. The van der Waals surface area contributed by atoms with Crippen LogP contribution in [0.5, 0.6) is 5.75 Å². The van der Waals surface area contributed by atoms with E-state index in [1.54, 1.807) is 18.2 Å². The van der Waals surface area contributed by atoms with Crippen molar-refractivity contribution in [1.82, 2.24) is 0 Å². The van der Waals surface area contributed by atoms with Crippen molar-refractivity contribution >= 4 is 34.5 Å². The minimum Gasteiger partial charge on any atom is -0.507 e. The molecule has 1 aliphatic rings. The Labute approximate surface area is 197 Å². The smallest absolute Gasteiger partial charge is 0.300 e. The molecule has 0 spiro atoms. The Morgan fingerprint density at radius 3 is 2.45 bits per heavy atom. The highest BCUT2D eigenvalue weighted by Crippen LogP contribution is 2.45. The number of Topliss-reactive ketones (excluding diaryl/α,β-unsaturated/α-hetero) is 1. The SMILES string of the molecule is Cc1ccc(N2C(=O)C(=O)/C(=C(\O)c3cccc(OCC(C)C)c3)C2c2sccc2C)cc1. The molecule has 1 fully saturated rings. The van der Waals surface area contributed by atoms with Gasteiger partial charge in [0.1, 0.15) is 17.6 Å². The van der Waals surface area contributed by atoms with Gasteiger partial charge in [-0.25, -0.2) is 0 Å². The molecule has 6 heteroatoms. The number of nitrogens with zero attached hydrogens (tertiary/aromatic N) is 1. The summed E-state index contributed by atoms with van der Waals surface area (Å²) in [6, 6.07) is 15.7. The maximum atomic E-state index is 13.3. The van der Waals surface area contributed by atoms with Crippen LogP contribution >= 0.6 is 11.3 Å². The molecule has 1 atom stereocenters. The second-order valence-electron chi connectivity index (χ2n) is 8.71. The first-order valence-corrected chi connectivity index (χ1v) is 11.8. The maximum Gasteiger partial charge on any atom is 0.300 e. The molecule has 3 aromatic rings. The van der Waals surface area contributed by atoms with E-state index in [0.717, 1.165) is 16.0 Å². The van der Waals surface area contributed by atoms with E-state index in [1.807, 2.05) is 55.6 Å². The Morgan fingerprint density at radius 1 is 1.09 bits per heavy atom. The van der Waals surface area contributed by atoms with Gasteiger partial charge < -0.3 is 9.84 Å². The van der Waals surface area contributed by atoms with Gasteiger partial charge in [-0.2, -0.15) is 0 Å². The third-order valence-electron chi connectivity index (χ3n) is 5.60. The van der Waals surface area contributed by atoms with E-state index in [-0.39, 0.29) is 11.3 Å². The molecule has 1 aliphatic heterocycles. The molecule has 0 radical (unpaired) electrons. The van der Waals surface area contributed by atoms with Gasteiger partial charge in [-0.1, -0.05) is 43.7 Å². The number of hydrogen-bond donors (Lipinski definition) is 1. The third-order valence-corrected chi connectivity index (χ3v) is 6.67. The molecule has 170 valence electrons. The van der Waals surface area contributed by atoms with Gasteiger partial charge in [0.05, 0.1) is 12.2 Å². The van der Waals surface area contributed by atoms with Gasteiger partial charge in [-0.15, -0.1) is 11.3 Å². The molecule has 2 heterocycles. The predicted molar refractivity (Wildman–Crippen MR) is 132 cm³/mol. The molecule has 2 aromatic carbocycles. The van der Waals surface area contributed by atoms with Crippen LogP contribution in [-0.2, 0) is 9.59 Å². The van der Waals surface area contributed by atoms with Crippen molar-refractivity contribution in [2.45, 2.75) is 33.7 Å². The number of thiophene rings is 1. The molecular weight excluding hydrogens is 434 g/mol. The zero-order valence-electron chi connectivity index (χ0n) is 19.2. The van der Waals surface area contributed by atoms with Gasteiger partial charge in [0.25, 0.3) is 11.7 Å². The van der Waals surface area contributed by atoms with Gasteiger partial charge in [0.2, 0.25) is 0 Å². The van der Waals surface area contributed by atoms with Crippen LogP contribution in [0.3, 0.4) is 0 Å². The van der Waals surface area contributed by atoms with E-state index in [9.17, 15) is 14.7 Å². The van der Waals surface area contributed by atoms with E-state index in [1.165, 1.54) is 16.2 Å². The molecular formula is C27H27NO4S. The Balaban J connectivity index is 1.85. The molecule has 1 saturated heterocycles. The highest BCUT2D eigenvalue weighted by atomic mass is 32.1. The molecule has 0 aliphatic carbocycles. The number of amides is 1. The molecule has 33 heavy (non-hydrogen) atoms. The van der Waals surface area contributed by atoms with Gasteiger partial charge in [-0.05, 0) is 61.0 Å².